The second-order valence-electron chi connectivity index (χ2n) is 6.24. The molecule has 3 heteroatoms. The molecule has 0 aliphatic heterocycles. The van der Waals surface area contributed by atoms with Crippen LogP contribution in [-0.2, 0) is 20.9 Å². The molecule has 0 amide bonds. The van der Waals surface area contributed by atoms with Crippen molar-refractivity contribution in [3.8, 4) is 0 Å². The summed E-state index contributed by atoms with van der Waals surface area (Å²) in [7, 11) is 0. The molecule has 0 saturated carbocycles. The summed E-state index contributed by atoms with van der Waals surface area (Å²) < 4.78 is 11.3. The van der Waals surface area contributed by atoms with Crippen molar-refractivity contribution in [2.45, 2.75) is 53.9 Å². The summed E-state index contributed by atoms with van der Waals surface area (Å²) in [5.41, 5.74) is 0.819. The monoisotopic (exact) mass is 278 g/mol. The topological polar surface area (TPSA) is 35.5 Å². The molecule has 0 fully saturated rings. The van der Waals surface area contributed by atoms with E-state index in [1.807, 2.05) is 65.0 Å². The summed E-state index contributed by atoms with van der Waals surface area (Å²) in [6, 6.07) is 9.89. The molecule has 0 aliphatic rings. The van der Waals surface area contributed by atoms with Gasteiger partial charge in [0.15, 0.2) is 0 Å². The molecule has 2 unspecified atom stereocenters. The van der Waals surface area contributed by atoms with E-state index in [1.54, 1.807) is 0 Å². The Bertz CT molecular complexity index is 406. The lowest BCUT2D eigenvalue weighted by Crippen LogP contribution is -2.35. The number of hydrogen-bond acceptors (Lipinski definition) is 3. The first-order valence-corrected chi connectivity index (χ1v) is 7.20. The molecule has 0 N–H and O–H groups in total. The fourth-order valence-electron chi connectivity index (χ4n) is 1.60. The van der Waals surface area contributed by atoms with Gasteiger partial charge in [-0.15, -0.1) is 0 Å². The first-order chi connectivity index (χ1) is 9.34. The van der Waals surface area contributed by atoms with Crippen LogP contribution >= 0.6 is 0 Å². The van der Waals surface area contributed by atoms with Crippen LogP contribution in [0.15, 0.2) is 30.3 Å². The van der Waals surface area contributed by atoms with Gasteiger partial charge in [0.2, 0.25) is 6.29 Å². The Morgan fingerprint density at radius 1 is 1.20 bits per heavy atom. The molecule has 0 saturated heterocycles. The summed E-state index contributed by atoms with van der Waals surface area (Å²) in [6.07, 6.45) is 0.234. The van der Waals surface area contributed by atoms with Gasteiger partial charge in [0.25, 0.3) is 0 Å². The molecule has 0 bridgehead atoms. The van der Waals surface area contributed by atoms with E-state index in [0.29, 0.717) is 6.61 Å². The molecule has 1 aromatic carbocycles. The quantitative estimate of drug-likeness (QED) is 0.579. The van der Waals surface area contributed by atoms with Crippen LogP contribution in [0.25, 0.3) is 0 Å². The maximum atomic E-state index is 11.9. The lowest BCUT2D eigenvalue weighted by Gasteiger charge is -2.30. The molecule has 1 aromatic rings. The maximum absolute atomic E-state index is 11.9. The molecule has 0 aliphatic carbocycles. The van der Waals surface area contributed by atoms with Gasteiger partial charge in [-0.3, -0.25) is 4.79 Å². The number of hydrogen-bond donors (Lipinski definition) is 0. The van der Waals surface area contributed by atoms with E-state index in [2.05, 4.69) is 0 Å². The largest absolute Gasteiger partial charge is 0.435 e. The van der Waals surface area contributed by atoms with Crippen LogP contribution in [0, 0.1) is 11.3 Å². The van der Waals surface area contributed by atoms with E-state index in [4.69, 9.17) is 9.47 Å². The Kier molecular flexibility index (Phi) is 6.21. The Morgan fingerprint density at radius 2 is 1.80 bits per heavy atom. The normalized spacial score (nSPS) is 14.7. The van der Waals surface area contributed by atoms with E-state index < -0.39 is 6.29 Å². The molecule has 2 atom stereocenters. The summed E-state index contributed by atoms with van der Waals surface area (Å²) >= 11 is 0. The third kappa shape index (κ3) is 5.33. The van der Waals surface area contributed by atoms with Crippen LogP contribution in [0.2, 0.25) is 0 Å². The first-order valence-electron chi connectivity index (χ1n) is 7.20. The molecular weight excluding hydrogens is 252 g/mol. The number of carbonyl (C=O) groups excluding carboxylic acids is 1. The fourth-order valence-corrected chi connectivity index (χ4v) is 1.60. The zero-order valence-corrected chi connectivity index (χ0v) is 13.2. The summed E-state index contributed by atoms with van der Waals surface area (Å²) in [5, 5.41) is 0. The molecule has 0 spiro atoms. The summed E-state index contributed by atoms with van der Waals surface area (Å²) in [6.45, 7) is 10.3. The Morgan fingerprint density at radius 3 is 2.30 bits per heavy atom. The van der Waals surface area contributed by atoms with E-state index >= 15 is 0 Å². The Labute approximate surface area is 122 Å². The molecule has 0 aromatic heterocycles. The zero-order chi connectivity index (χ0) is 15.2. The molecule has 1 rings (SSSR count). The SMILES string of the molecule is CCC(C)C(=O)OC(OCc1ccccc1)C(C)(C)C. The number of rotatable bonds is 6. The summed E-state index contributed by atoms with van der Waals surface area (Å²) in [4.78, 5) is 11.9. The van der Waals surface area contributed by atoms with Gasteiger partial charge < -0.3 is 9.47 Å². The van der Waals surface area contributed by atoms with Gasteiger partial charge in [-0.05, 0) is 12.0 Å². The molecule has 3 nitrogen and oxygen atoms in total. The van der Waals surface area contributed by atoms with Crippen molar-refractivity contribution >= 4 is 5.97 Å². The van der Waals surface area contributed by atoms with Gasteiger partial charge in [-0.25, -0.2) is 0 Å². The van der Waals surface area contributed by atoms with Crippen LogP contribution in [-0.4, -0.2) is 12.3 Å². The highest BCUT2D eigenvalue weighted by atomic mass is 16.7. The lowest BCUT2D eigenvalue weighted by molar-refractivity contribution is -0.211. The lowest BCUT2D eigenvalue weighted by atomic mass is 9.95. The van der Waals surface area contributed by atoms with Crippen LogP contribution in [0.3, 0.4) is 0 Å². The third-order valence-electron chi connectivity index (χ3n) is 3.19. The van der Waals surface area contributed by atoms with Crippen molar-refractivity contribution in [2.24, 2.45) is 11.3 Å². The van der Waals surface area contributed by atoms with E-state index in [-0.39, 0.29) is 17.3 Å². The maximum Gasteiger partial charge on any atom is 0.310 e. The molecule has 0 radical (unpaired) electrons. The molecular formula is C17H26O3. The smallest absolute Gasteiger partial charge is 0.310 e. The second-order valence-corrected chi connectivity index (χ2v) is 6.24. The standard InChI is InChI=1S/C17H26O3/c1-6-13(2)15(18)20-16(17(3,4)5)19-12-14-10-8-7-9-11-14/h7-11,13,16H,6,12H2,1-5H3. The minimum atomic E-state index is -0.538. The van der Waals surface area contributed by atoms with Crippen molar-refractivity contribution in [3.63, 3.8) is 0 Å². The molecule has 20 heavy (non-hydrogen) atoms. The average molecular weight is 278 g/mol. The fraction of sp³-hybridized carbons (Fsp3) is 0.588. The van der Waals surface area contributed by atoms with Gasteiger partial charge in [-0.1, -0.05) is 65.0 Å². The van der Waals surface area contributed by atoms with E-state index in [9.17, 15) is 4.79 Å². The van der Waals surface area contributed by atoms with Gasteiger partial charge in [-0.2, -0.15) is 0 Å². The van der Waals surface area contributed by atoms with Crippen LogP contribution in [0.1, 0.15) is 46.6 Å². The minimum absolute atomic E-state index is 0.0971. The number of ether oxygens (including phenoxy) is 2. The molecule has 0 heterocycles. The third-order valence-corrected chi connectivity index (χ3v) is 3.19. The van der Waals surface area contributed by atoms with Gasteiger partial charge in [0.05, 0.1) is 12.5 Å². The van der Waals surface area contributed by atoms with E-state index in [1.165, 1.54) is 0 Å². The average Bonchev–Trinajstić information content (AvgIpc) is 2.42. The van der Waals surface area contributed by atoms with Crippen LogP contribution < -0.4 is 0 Å². The zero-order valence-electron chi connectivity index (χ0n) is 13.2. The number of esters is 1. The van der Waals surface area contributed by atoms with Crippen LogP contribution in [0.5, 0.6) is 0 Å². The second kappa shape index (κ2) is 7.44. The minimum Gasteiger partial charge on any atom is -0.435 e. The molecule has 112 valence electrons. The van der Waals surface area contributed by atoms with Crippen LogP contribution in [0.4, 0.5) is 0 Å². The highest BCUT2D eigenvalue weighted by molar-refractivity contribution is 5.72. The van der Waals surface area contributed by atoms with Crippen molar-refractivity contribution in [2.75, 3.05) is 0 Å². The van der Waals surface area contributed by atoms with Crippen molar-refractivity contribution < 1.29 is 14.3 Å². The first kappa shape index (κ1) is 16.7. The highest BCUT2D eigenvalue weighted by Crippen LogP contribution is 2.25. The predicted molar refractivity (Wildman–Crippen MR) is 80.0 cm³/mol. The van der Waals surface area contributed by atoms with Crippen molar-refractivity contribution in [1.29, 1.82) is 0 Å². The Balaban J connectivity index is 2.64. The van der Waals surface area contributed by atoms with E-state index in [0.717, 1.165) is 12.0 Å². The van der Waals surface area contributed by atoms with Gasteiger partial charge >= 0.3 is 5.97 Å². The van der Waals surface area contributed by atoms with Crippen molar-refractivity contribution in [1.82, 2.24) is 0 Å². The van der Waals surface area contributed by atoms with Crippen molar-refractivity contribution in [3.05, 3.63) is 35.9 Å². The summed E-state index contributed by atoms with van der Waals surface area (Å²) in [5.74, 6) is -0.291. The number of carbonyl (C=O) groups is 1. The Hall–Kier alpha value is -1.35. The van der Waals surface area contributed by atoms with Gasteiger partial charge in [0.1, 0.15) is 0 Å². The predicted octanol–water partition coefficient (Wildman–Crippen LogP) is 4.16. The number of benzene rings is 1. The highest BCUT2D eigenvalue weighted by Gasteiger charge is 2.30. The van der Waals surface area contributed by atoms with Gasteiger partial charge in [0, 0.05) is 5.41 Å².